The molecule has 20 heavy (non-hydrogen) atoms. The summed E-state index contributed by atoms with van der Waals surface area (Å²) in [7, 11) is 0. The molecule has 2 N–H and O–H groups in total. The first kappa shape index (κ1) is 12.9. The Hall–Kier alpha value is -2.07. The zero-order chi connectivity index (χ0) is 14.1. The van der Waals surface area contributed by atoms with Gasteiger partial charge in [-0.25, -0.2) is 0 Å². The molecule has 0 bridgehead atoms. The summed E-state index contributed by atoms with van der Waals surface area (Å²) in [5, 5.41) is 6.12. The molecule has 0 aliphatic heterocycles. The van der Waals surface area contributed by atoms with Crippen molar-refractivity contribution in [3.63, 3.8) is 0 Å². The molecule has 4 heteroatoms. The third-order valence-electron chi connectivity index (χ3n) is 3.34. The van der Waals surface area contributed by atoms with Crippen LogP contribution in [0.3, 0.4) is 0 Å². The van der Waals surface area contributed by atoms with E-state index in [0.717, 1.165) is 21.7 Å². The van der Waals surface area contributed by atoms with E-state index in [2.05, 4.69) is 43.3 Å². The number of rotatable bonds is 3. The molecule has 0 amide bonds. The van der Waals surface area contributed by atoms with Crippen LogP contribution in [0, 0.1) is 0 Å². The van der Waals surface area contributed by atoms with Gasteiger partial charge in [0.05, 0.1) is 10.4 Å². The van der Waals surface area contributed by atoms with Gasteiger partial charge in [0.2, 0.25) is 5.88 Å². The average Bonchev–Trinajstić information content (AvgIpc) is 3.07. The molecule has 0 saturated heterocycles. The quantitative estimate of drug-likeness (QED) is 0.753. The molecule has 3 nitrogen and oxygen atoms in total. The van der Waals surface area contributed by atoms with Crippen molar-refractivity contribution in [2.24, 2.45) is 0 Å². The average molecular weight is 284 g/mol. The number of nitrogens with two attached hydrogens (primary N) is 1. The van der Waals surface area contributed by atoms with Crippen molar-refractivity contribution in [2.75, 3.05) is 5.73 Å². The first-order chi connectivity index (χ1) is 9.66. The van der Waals surface area contributed by atoms with E-state index in [1.165, 1.54) is 5.56 Å². The molecule has 0 radical (unpaired) electrons. The van der Waals surface area contributed by atoms with E-state index in [0.29, 0.717) is 11.8 Å². The Morgan fingerprint density at radius 3 is 2.50 bits per heavy atom. The number of thiophene rings is 1. The summed E-state index contributed by atoms with van der Waals surface area (Å²) in [5.41, 5.74) is 9.99. The zero-order valence-electron chi connectivity index (χ0n) is 11.5. The summed E-state index contributed by atoms with van der Waals surface area (Å²) < 4.78 is 5.19. The van der Waals surface area contributed by atoms with E-state index in [1.807, 2.05) is 17.5 Å². The van der Waals surface area contributed by atoms with Crippen molar-refractivity contribution in [3.05, 3.63) is 47.3 Å². The fraction of sp³-hybridized carbons (Fsp3) is 0.188. The fourth-order valence-electron chi connectivity index (χ4n) is 2.20. The molecule has 0 spiro atoms. The van der Waals surface area contributed by atoms with E-state index in [9.17, 15) is 0 Å². The maximum atomic E-state index is 5.95. The Labute approximate surface area is 122 Å². The number of nitrogens with zero attached hydrogens (tertiary/aromatic N) is 1. The van der Waals surface area contributed by atoms with Crippen LogP contribution in [0.5, 0.6) is 0 Å². The van der Waals surface area contributed by atoms with Gasteiger partial charge in [-0.1, -0.05) is 49.3 Å². The highest BCUT2D eigenvalue weighted by Gasteiger charge is 2.18. The monoisotopic (exact) mass is 284 g/mol. The lowest BCUT2D eigenvalue weighted by atomic mass is 9.98. The molecule has 0 unspecified atom stereocenters. The smallest absolute Gasteiger partial charge is 0.230 e. The second-order valence-electron chi connectivity index (χ2n) is 5.02. The van der Waals surface area contributed by atoms with Crippen LogP contribution < -0.4 is 5.73 Å². The number of aromatic nitrogens is 1. The molecule has 0 aliphatic rings. The SMILES string of the molecule is CC(C)c1ccc(-c2c(-c3cccs3)noc2N)cc1. The summed E-state index contributed by atoms with van der Waals surface area (Å²) in [6, 6.07) is 12.4. The summed E-state index contributed by atoms with van der Waals surface area (Å²) in [4.78, 5) is 1.06. The minimum atomic E-state index is 0.366. The molecule has 3 rings (SSSR count). The van der Waals surface area contributed by atoms with Gasteiger partial charge < -0.3 is 10.3 Å². The topological polar surface area (TPSA) is 52.0 Å². The second kappa shape index (κ2) is 5.13. The fourth-order valence-corrected chi connectivity index (χ4v) is 2.91. The van der Waals surface area contributed by atoms with Gasteiger partial charge >= 0.3 is 0 Å². The normalized spacial score (nSPS) is 11.2. The lowest BCUT2D eigenvalue weighted by molar-refractivity contribution is 0.439. The molecule has 2 heterocycles. The van der Waals surface area contributed by atoms with E-state index in [4.69, 9.17) is 10.3 Å². The lowest BCUT2D eigenvalue weighted by Crippen LogP contribution is -1.89. The number of hydrogen-bond acceptors (Lipinski definition) is 4. The highest BCUT2D eigenvalue weighted by Crippen LogP contribution is 2.38. The largest absolute Gasteiger partial charge is 0.367 e. The van der Waals surface area contributed by atoms with Gasteiger partial charge in [-0.15, -0.1) is 11.3 Å². The van der Waals surface area contributed by atoms with E-state index >= 15 is 0 Å². The lowest BCUT2D eigenvalue weighted by Gasteiger charge is -2.07. The molecule has 3 aromatic rings. The van der Waals surface area contributed by atoms with Crippen molar-refractivity contribution in [1.82, 2.24) is 5.16 Å². The van der Waals surface area contributed by atoms with Gasteiger partial charge in [0.25, 0.3) is 0 Å². The zero-order valence-corrected chi connectivity index (χ0v) is 12.3. The Morgan fingerprint density at radius 2 is 1.90 bits per heavy atom. The van der Waals surface area contributed by atoms with Crippen LogP contribution in [0.15, 0.2) is 46.3 Å². The van der Waals surface area contributed by atoms with Crippen molar-refractivity contribution < 1.29 is 4.52 Å². The van der Waals surface area contributed by atoms with Crippen LogP contribution in [-0.2, 0) is 0 Å². The molecule has 0 saturated carbocycles. The van der Waals surface area contributed by atoms with Crippen molar-refractivity contribution in [1.29, 1.82) is 0 Å². The third-order valence-corrected chi connectivity index (χ3v) is 4.22. The van der Waals surface area contributed by atoms with E-state index in [-0.39, 0.29) is 0 Å². The molecule has 1 aromatic carbocycles. The predicted octanol–water partition coefficient (Wildman–Crippen LogP) is 4.78. The van der Waals surface area contributed by atoms with Crippen LogP contribution >= 0.6 is 11.3 Å². The highest BCUT2D eigenvalue weighted by atomic mass is 32.1. The predicted molar refractivity (Wildman–Crippen MR) is 83.8 cm³/mol. The minimum Gasteiger partial charge on any atom is -0.367 e. The van der Waals surface area contributed by atoms with Crippen molar-refractivity contribution in [3.8, 4) is 21.7 Å². The first-order valence-electron chi connectivity index (χ1n) is 6.56. The van der Waals surface area contributed by atoms with Crippen LogP contribution in [0.1, 0.15) is 25.3 Å². The number of anilines is 1. The maximum Gasteiger partial charge on any atom is 0.230 e. The van der Waals surface area contributed by atoms with Crippen LogP contribution in [0.4, 0.5) is 5.88 Å². The second-order valence-corrected chi connectivity index (χ2v) is 5.97. The highest BCUT2D eigenvalue weighted by molar-refractivity contribution is 7.13. The molecule has 0 fully saturated rings. The van der Waals surface area contributed by atoms with Gasteiger partial charge in [0.15, 0.2) is 0 Å². The van der Waals surface area contributed by atoms with Gasteiger partial charge in [0, 0.05) is 0 Å². The van der Waals surface area contributed by atoms with Crippen molar-refractivity contribution >= 4 is 17.2 Å². The molecule has 0 atom stereocenters. The first-order valence-corrected chi connectivity index (χ1v) is 7.44. The Morgan fingerprint density at radius 1 is 1.15 bits per heavy atom. The molecule has 2 aromatic heterocycles. The van der Waals surface area contributed by atoms with Crippen LogP contribution in [-0.4, -0.2) is 5.16 Å². The van der Waals surface area contributed by atoms with Gasteiger partial charge in [-0.05, 0) is 28.5 Å². The number of hydrogen-bond donors (Lipinski definition) is 1. The van der Waals surface area contributed by atoms with Crippen molar-refractivity contribution in [2.45, 2.75) is 19.8 Å². The Bertz CT molecular complexity index is 697. The Balaban J connectivity index is 2.08. The van der Waals surface area contributed by atoms with E-state index in [1.54, 1.807) is 11.3 Å². The molecule has 102 valence electrons. The summed E-state index contributed by atoms with van der Waals surface area (Å²) in [5.74, 6) is 0.881. The maximum absolute atomic E-state index is 5.95. The summed E-state index contributed by atoms with van der Waals surface area (Å²) >= 11 is 1.63. The number of benzene rings is 1. The molecular weight excluding hydrogens is 268 g/mol. The molecule has 0 aliphatic carbocycles. The minimum absolute atomic E-state index is 0.366. The molecular formula is C16H16N2OS. The van der Waals surface area contributed by atoms with Gasteiger partial charge in [-0.3, -0.25) is 0 Å². The van der Waals surface area contributed by atoms with E-state index < -0.39 is 0 Å². The van der Waals surface area contributed by atoms with Crippen LogP contribution in [0.25, 0.3) is 21.7 Å². The van der Waals surface area contributed by atoms with Gasteiger partial charge in [0.1, 0.15) is 5.69 Å². The van der Waals surface area contributed by atoms with Crippen LogP contribution in [0.2, 0.25) is 0 Å². The summed E-state index contributed by atoms with van der Waals surface area (Å²) in [6.45, 7) is 4.36. The third kappa shape index (κ3) is 2.23. The standard InChI is InChI=1S/C16H16N2OS/c1-10(2)11-5-7-12(8-6-11)14-15(18-19-16(14)17)13-4-3-9-20-13/h3-10H,17H2,1-2H3. The summed E-state index contributed by atoms with van der Waals surface area (Å²) in [6.07, 6.45) is 0. The number of nitrogen functional groups attached to an aromatic ring is 1. The Kier molecular flexibility index (Phi) is 3.32. The van der Waals surface area contributed by atoms with Gasteiger partial charge in [-0.2, -0.15) is 0 Å².